The molecular formula is C24H26N2O4S. The standard InChI is InChI=1S/C24H26N2O4S/c1-5-17(4)30-20-9-7-6-8-18(20)13-21-23(28)26(24(29)31-21)14-22(27)25-19-11-10-15(2)12-16(19)3/h6-13,17H,5,14H2,1-4H3,(H,25,27)/b21-13+/t17-/m0/s1. The van der Waals surface area contributed by atoms with Gasteiger partial charge in [0.15, 0.2) is 0 Å². The molecule has 0 unspecified atom stereocenters. The highest BCUT2D eigenvalue weighted by Gasteiger charge is 2.36. The lowest BCUT2D eigenvalue weighted by molar-refractivity contribution is -0.127. The fraction of sp³-hybridized carbons (Fsp3) is 0.292. The maximum absolute atomic E-state index is 12.8. The van der Waals surface area contributed by atoms with E-state index in [-0.39, 0.29) is 17.6 Å². The first-order valence-corrected chi connectivity index (χ1v) is 11.0. The van der Waals surface area contributed by atoms with Gasteiger partial charge in [-0.25, -0.2) is 0 Å². The molecule has 0 aromatic heterocycles. The molecule has 1 aliphatic rings. The van der Waals surface area contributed by atoms with Gasteiger partial charge in [-0.2, -0.15) is 0 Å². The van der Waals surface area contributed by atoms with Gasteiger partial charge in [-0.15, -0.1) is 0 Å². The highest BCUT2D eigenvalue weighted by molar-refractivity contribution is 8.18. The van der Waals surface area contributed by atoms with Gasteiger partial charge in [-0.1, -0.05) is 42.8 Å². The highest BCUT2D eigenvalue weighted by Crippen LogP contribution is 2.34. The van der Waals surface area contributed by atoms with Crippen molar-refractivity contribution in [3.8, 4) is 5.75 Å². The Hall–Kier alpha value is -3.06. The maximum atomic E-state index is 12.8. The van der Waals surface area contributed by atoms with Gasteiger partial charge in [0, 0.05) is 11.3 Å². The third-order valence-corrected chi connectivity index (χ3v) is 5.85. The van der Waals surface area contributed by atoms with Gasteiger partial charge in [0.2, 0.25) is 5.91 Å². The molecule has 7 heteroatoms. The van der Waals surface area contributed by atoms with E-state index in [9.17, 15) is 14.4 Å². The molecule has 1 aliphatic heterocycles. The molecule has 6 nitrogen and oxygen atoms in total. The van der Waals surface area contributed by atoms with Gasteiger partial charge in [-0.05, 0) is 62.7 Å². The van der Waals surface area contributed by atoms with Crippen molar-refractivity contribution in [3.63, 3.8) is 0 Å². The molecule has 1 fully saturated rings. The van der Waals surface area contributed by atoms with E-state index >= 15 is 0 Å². The summed E-state index contributed by atoms with van der Waals surface area (Å²) in [7, 11) is 0. The SMILES string of the molecule is CC[C@H](C)Oc1ccccc1/C=C1/SC(=O)N(CC(=O)Nc2ccc(C)cc2C)C1=O. The van der Waals surface area contributed by atoms with Gasteiger partial charge >= 0.3 is 0 Å². The molecule has 1 saturated heterocycles. The zero-order valence-electron chi connectivity index (χ0n) is 18.1. The van der Waals surface area contributed by atoms with Crippen LogP contribution in [0.3, 0.4) is 0 Å². The normalized spacial score (nSPS) is 16.0. The van der Waals surface area contributed by atoms with Crippen LogP contribution >= 0.6 is 11.8 Å². The van der Waals surface area contributed by atoms with E-state index in [1.165, 1.54) is 0 Å². The van der Waals surface area contributed by atoms with E-state index in [1.54, 1.807) is 6.08 Å². The fourth-order valence-electron chi connectivity index (χ4n) is 3.07. The van der Waals surface area contributed by atoms with Gasteiger partial charge < -0.3 is 10.1 Å². The number of ether oxygens (including phenoxy) is 1. The average Bonchev–Trinajstić information content (AvgIpc) is 2.98. The smallest absolute Gasteiger partial charge is 0.294 e. The number of thioether (sulfide) groups is 1. The molecule has 0 bridgehead atoms. The van der Waals surface area contributed by atoms with Crippen LogP contribution in [0.1, 0.15) is 37.0 Å². The monoisotopic (exact) mass is 438 g/mol. The summed E-state index contributed by atoms with van der Waals surface area (Å²) in [5.74, 6) is -0.253. The van der Waals surface area contributed by atoms with Crippen LogP contribution in [0.15, 0.2) is 47.4 Å². The maximum Gasteiger partial charge on any atom is 0.294 e. The van der Waals surface area contributed by atoms with Crippen LogP contribution in [0.2, 0.25) is 0 Å². The van der Waals surface area contributed by atoms with E-state index in [0.717, 1.165) is 34.2 Å². The number of amides is 3. The molecule has 1 atom stereocenters. The van der Waals surface area contributed by atoms with E-state index in [4.69, 9.17) is 4.74 Å². The topological polar surface area (TPSA) is 75.7 Å². The van der Waals surface area contributed by atoms with E-state index in [0.29, 0.717) is 17.0 Å². The summed E-state index contributed by atoms with van der Waals surface area (Å²) in [6.07, 6.45) is 2.52. The molecule has 3 rings (SSSR count). The Bertz CT molecular complexity index is 1050. The summed E-state index contributed by atoms with van der Waals surface area (Å²) >= 11 is 0.826. The number of aryl methyl sites for hydroxylation is 2. The number of imide groups is 1. The van der Waals surface area contributed by atoms with Crippen molar-refractivity contribution < 1.29 is 19.1 Å². The number of nitrogens with zero attached hydrogens (tertiary/aromatic N) is 1. The van der Waals surface area contributed by atoms with Gasteiger partial charge in [0.05, 0.1) is 11.0 Å². The molecule has 3 amide bonds. The van der Waals surface area contributed by atoms with Crippen molar-refractivity contribution in [2.24, 2.45) is 0 Å². The van der Waals surface area contributed by atoms with Gasteiger partial charge in [-0.3, -0.25) is 19.3 Å². The number of nitrogens with one attached hydrogen (secondary N) is 1. The molecule has 0 radical (unpaired) electrons. The first-order valence-electron chi connectivity index (χ1n) is 10.2. The summed E-state index contributed by atoms with van der Waals surface area (Å²) in [5, 5.41) is 2.31. The zero-order valence-corrected chi connectivity index (χ0v) is 18.9. The lowest BCUT2D eigenvalue weighted by Crippen LogP contribution is -2.36. The van der Waals surface area contributed by atoms with Crippen LogP contribution < -0.4 is 10.1 Å². The third-order valence-electron chi connectivity index (χ3n) is 4.94. The van der Waals surface area contributed by atoms with Crippen LogP contribution in [-0.4, -0.2) is 34.6 Å². The van der Waals surface area contributed by atoms with Gasteiger partial charge in [0.25, 0.3) is 11.1 Å². The number of anilines is 1. The second kappa shape index (κ2) is 9.83. The van der Waals surface area contributed by atoms with Crippen LogP contribution in [0.4, 0.5) is 10.5 Å². The highest BCUT2D eigenvalue weighted by atomic mass is 32.2. The van der Waals surface area contributed by atoms with Crippen molar-refractivity contribution in [3.05, 3.63) is 64.1 Å². The van der Waals surface area contributed by atoms with Crippen molar-refractivity contribution in [2.75, 3.05) is 11.9 Å². The van der Waals surface area contributed by atoms with Crippen molar-refractivity contribution in [2.45, 2.75) is 40.2 Å². The van der Waals surface area contributed by atoms with Crippen LogP contribution in [0, 0.1) is 13.8 Å². The molecule has 162 valence electrons. The Labute approximate surface area is 186 Å². The van der Waals surface area contributed by atoms with E-state index in [1.807, 2.05) is 70.2 Å². The van der Waals surface area contributed by atoms with Gasteiger partial charge in [0.1, 0.15) is 12.3 Å². The number of carbonyl (C=O) groups excluding carboxylic acids is 3. The average molecular weight is 439 g/mol. The number of benzene rings is 2. The van der Waals surface area contributed by atoms with E-state index < -0.39 is 17.1 Å². The molecular weight excluding hydrogens is 412 g/mol. The van der Waals surface area contributed by atoms with Crippen LogP contribution in [0.25, 0.3) is 6.08 Å². The van der Waals surface area contributed by atoms with Crippen LogP contribution in [0.5, 0.6) is 5.75 Å². The zero-order chi connectivity index (χ0) is 22.5. The Morgan fingerprint density at radius 3 is 2.65 bits per heavy atom. The predicted molar refractivity (Wildman–Crippen MR) is 124 cm³/mol. The molecule has 1 N–H and O–H groups in total. The molecule has 1 heterocycles. The second-order valence-electron chi connectivity index (χ2n) is 7.51. The van der Waals surface area contributed by atoms with Crippen LogP contribution in [-0.2, 0) is 9.59 Å². The molecule has 2 aromatic rings. The number of rotatable bonds is 7. The summed E-state index contributed by atoms with van der Waals surface area (Å²) in [6.45, 7) is 7.53. The Morgan fingerprint density at radius 2 is 1.94 bits per heavy atom. The lowest BCUT2D eigenvalue weighted by atomic mass is 10.1. The van der Waals surface area contributed by atoms with Crippen molar-refractivity contribution in [1.82, 2.24) is 4.90 Å². The number of hydrogen-bond acceptors (Lipinski definition) is 5. The molecule has 31 heavy (non-hydrogen) atoms. The molecule has 0 aliphatic carbocycles. The minimum absolute atomic E-state index is 0.0264. The minimum Gasteiger partial charge on any atom is -0.490 e. The van der Waals surface area contributed by atoms with E-state index in [2.05, 4.69) is 5.32 Å². The summed E-state index contributed by atoms with van der Waals surface area (Å²) < 4.78 is 5.92. The Kier molecular flexibility index (Phi) is 7.17. The molecule has 2 aromatic carbocycles. The Balaban J connectivity index is 1.73. The first-order chi connectivity index (χ1) is 14.8. The number of carbonyl (C=O) groups is 3. The molecule has 0 saturated carbocycles. The summed E-state index contributed by atoms with van der Waals surface area (Å²) in [5.41, 5.74) is 3.38. The Morgan fingerprint density at radius 1 is 1.19 bits per heavy atom. The molecule has 0 spiro atoms. The first kappa shape index (κ1) is 22.6. The summed E-state index contributed by atoms with van der Waals surface area (Å²) in [6, 6.07) is 13.0. The number of hydrogen-bond donors (Lipinski definition) is 1. The number of para-hydroxylation sites is 1. The van der Waals surface area contributed by atoms with Crippen molar-refractivity contribution >= 4 is 40.6 Å². The van der Waals surface area contributed by atoms with Crippen molar-refractivity contribution in [1.29, 1.82) is 0 Å². The minimum atomic E-state index is -0.482. The second-order valence-corrected chi connectivity index (χ2v) is 8.50. The largest absolute Gasteiger partial charge is 0.490 e. The lowest BCUT2D eigenvalue weighted by Gasteiger charge is -2.15. The fourth-order valence-corrected chi connectivity index (χ4v) is 3.90. The quantitative estimate of drug-likeness (QED) is 0.605. The third kappa shape index (κ3) is 5.55. The predicted octanol–water partition coefficient (Wildman–Crippen LogP) is 5.16. The summed E-state index contributed by atoms with van der Waals surface area (Å²) in [4.78, 5) is 38.9.